The summed E-state index contributed by atoms with van der Waals surface area (Å²) in [6, 6.07) is 12.5. The Morgan fingerprint density at radius 1 is 1.25 bits per heavy atom. The van der Waals surface area contributed by atoms with E-state index in [-0.39, 0.29) is 11.2 Å². The van der Waals surface area contributed by atoms with Gasteiger partial charge in [-0.05, 0) is 30.1 Å². The molecule has 24 heavy (non-hydrogen) atoms. The van der Waals surface area contributed by atoms with Crippen LogP contribution in [0, 0.1) is 0 Å². The lowest BCUT2D eigenvalue weighted by Gasteiger charge is -2.24. The average Bonchev–Trinajstić information content (AvgIpc) is 3.09. The lowest BCUT2D eigenvalue weighted by atomic mass is 9.83. The number of allylic oxidation sites excluding steroid dienone is 1. The van der Waals surface area contributed by atoms with Gasteiger partial charge >= 0.3 is 0 Å². The first-order valence-electron chi connectivity index (χ1n) is 8.19. The normalized spacial score (nSPS) is 17.5. The van der Waals surface area contributed by atoms with Gasteiger partial charge in [-0.1, -0.05) is 38.1 Å². The van der Waals surface area contributed by atoms with Crippen molar-refractivity contribution in [2.75, 3.05) is 25.5 Å². The third kappa shape index (κ3) is 3.17. The van der Waals surface area contributed by atoms with Gasteiger partial charge in [-0.2, -0.15) is 0 Å². The van der Waals surface area contributed by atoms with Crippen LogP contribution in [0.1, 0.15) is 24.3 Å². The van der Waals surface area contributed by atoms with Crippen molar-refractivity contribution in [3.63, 3.8) is 0 Å². The Balaban J connectivity index is 1.75. The minimum atomic E-state index is -0.146. The van der Waals surface area contributed by atoms with Crippen molar-refractivity contribution in [2.24, 2.45) is 0 Å². The van der Waals surface area contributed by atoms with E-state index in [9.17, 15) is 4.79 Å². The van der Waals surface area contributed by atoms with E-state index in [1.165, 1.54) is 16.1 Å². The molecule has 1 aromatic heterocycles. The SMILES string of the molecule is CN(CC(=O)C=C1N(C)c2ccccc2C1(C)C)Cc1cccs1. The van der Waals surface area contributed by atoms with Crippen molar-refractivity contribution < 1.29 is 4.79 Å². The molecule has 1 aliphatic rings. The zero-order valence-corrected chi connectivity index (χ0v) is 15.6. The first kappa shape index (κ1) is 16.9. The Morgan fingerprint density at radius 2 is 2.00 bits per heavy atom. The molecule has 0 atom stereocenters. The van der Waals surface area contributed by atoms with Crippen molar-refractivity contribution in [1.82, 2.24) is 4.90 Å². The third-order valence-corrected chi connectivity index (χ3v) is 5.53. The highest BCUT2D eigenvalue weighted by atomic mass is 32.1. The number of likely N-dealkylation sites (N-methyl/N-ethyl adjacent to an activating group) is 2. The fraction of sp³-hybridized carbons (Fsp3) is 0.350. The number of thiophene rings is 1. The molecular formula is C20H24N2OS. The Morgan fingerprint density at radius 3 is 2.67 bits per heavy atom. The average molecular weight is 340 g/mol. The lowest BCUT2D eigenvalue weighted by molar-refractivity contribution is -0.115. The van der Waals surface area contributed by atoms with Gasteiger partial charge in [0.05, 0.1) is 6.54 Å². The second-order valence-corrected chi connectivity index (χ2v) is 7.98. The molecule has 0 radical (unpaired) electrons. The smallest absolute Gasteiger partial charge is 0.171 e. The van der Waals surface area contributed by atoms with Crippen LogP contribution in [-0.2, 0) is 16.8 Å². The molecule has 0 aliphatic carbocycles. The van der Waals surface area contributed by atoms with Gasteiger partial charge in [-0.25, -0.2) is 0 Å². The minimum Gasteiger partial charge on any atom is -0.347 e. The topological polar surface area (TPSA) is 23.6 Å². The van der Waals surface area contributed by atoms with Crippen LogP contribution in [0.3, 0.4) is 0 Å². The van der Waals surface area contributed by atoms with Crippen LogP contribution in [0.15, 0.2) is 53.6 Å². The summed E-state index contributed by atoms with van der Waals surface area (Å²) < 4.78 is 0. The van der Waals surface area contributed by atoms with Crippen LogP contribution in [0.5, 0.6) is 0 Å². The van der Waals surface area contributed by atoms with Gasteiger partial charge in [0, 0.05) is 41.3 Å². The highest BCUT2D eigenvalue weighted by Crippen LogP contribution is 2.46. The number of hydrogen-bond donors (Lipinski definition) is 0. The standard InChI is InChI=1S/C20H24N2OS/c1-20(2)17-9-5-6-10-18(17)22(4)19(20)12-15(23)13-21(3)14-16-8-7-11-24-16/h5-12H,13-14H2,1-4H3. The van der Waals surface area contributed by atoms with Crippen LogP contribution in [0.2, 0.25) is 0 Å². The first-order valence-corrected chi connectivity index (χ1v) is 9.06. The molecule has 0 bridgehead atoms. The van der Waals surface area contributed by atoms with E-state index >= 15 is 0 Å². The number of hydrogen-bond acceptors (Lipinski definition) is 4. The number of anilines is 1. The fourth-order valence-electron chi connectivity index (χ4n) is 3.45. The third-order valence-electron chi connectivity index (χ3n) is 4.67. The summed E-state index contributed by atoms with van der Waals surface area (Å²) in [6.45, 7) is 5.61. The summed E-state index contributed by atoms with van der Waals surface area (Å²) in [5, 5.41) is 2.07. The summed E-state index contributed by atoms with van der Waals surface area (Å²) in [6.07, 6.45) is 1.82. The lowest BCUT2D eigenvalue weighted by Crippen LogP contribution is -2.28. The highest BCUT2D eigenvalue weighted by molar-refractivity contribution is 7.09. The molecule has 0 amide bonds. The van der Waals surface area contributed by atoms with Crippen LogP contribution in [0.4, 0.5) is 5.69 Å². The van der Waals surface area contributed by atoms with E-state index in [0.717, 1.165) is 12.2 Å². The Kier molecular flexibility index (Phi) is 4.61. The molecule has 3 rings (SSSR count). The number of fused-ring (bicyclic) bond motifs is 1. The van der Waals surface area contributed by atoms with Crippen molar-refractivity contribution >= 4 is 22.8 Å². The molecule has 0 N–H and O–H groups in total. The van der Waals surface area contributed by atoms with Crippen LogP contribution >= 0.6 is 11.3 Å². The van der Waals surface area contributed by atoms with Crippen molar-refractivity contribution in [3.8, 4) is 0 Å². The number of nitrogens with zero attached hydrogens (tertiary/aromatic N) is 2. The number of rotatable bonds is 5. The van der Waals surface area contributed by atoms with Gasteiger partial charge in [0.1, 0.15) is 0 Å². The quantitative estimate of drug-likeness (QED) is 0.767. The van der Waals surface area contributed by atoms with E-state index in [1.807, 2.05) is 32.3 Å². The number of carbonyl (C=O) groups excluding carboxylic acids is 1. The van der Waals surface area contributed by atoms with Crippen LogP contribution in [0.25, 0.3) is 0 Å². The van der Waals surface area contributed by atoms with Crippen LogP contribution < -0.4 is 4.90 Å². The van der Waals surface area contributed by atoms with E-state index in [0.29, 0.717) is 6.54 Å². The van der Waals surface area contributed by atoms with E-state index in [4.69, 9.17) is 0 Å². The Labute approximate surface area is 148 Å². The summed E-state index contributed by atoms with van der Waals surface area (Å²) in [4.78, 5) is 18.1. The molecular weight excluding hydrogens is 316 g/mol. The van der Waals surface area contributed by atoms with Gasteiger partial charge in [0.2, 0.25) is 0 Å². The summed E-state index contributed by atoms with van der Waals surface area (Å²) in [5.41, 5.74) is 3.39. The van der Waals surface area contributed by atoms with E-state index in [1.54, 1.807) is 11.3 Å². The summed E-state index contributed by atoms with van der Waals surface area (Å²) >= 11 is 1.73. The molecule has 1 aromatic carbocycles. The molecule has 2 aromatic rings. The number of carbonyl (C=O) groups is 1. The number of ketones is 1. The summed E-state index contributed by atoms with van der Waals surface area (Å²) in [5.74, 6) is 0.150. The second kappa shape index (κ2) is 6.54. The van der Waals surface area contributed by atoms with Gasteiger partial charge in [-0.3, -0.25) is 9.69 Å². The predicted octanol–water partition coefficient (Wildman–Crippen LogP) is 4.06. The molecule has 1 aliphatic heterocycles. The maximum absolute atomic E-state index is 12.6. The number of benzene rings is 1. The largest absolute Gasteiger partial charge is 0.347 e. The predicted molar refractivity (Wildman–Crippen MR) is 102 cm³/mol. The molecule has 126 valence electrons. The van der Waals surface area contributed by atoms with E-state index < -0.39 is 0 Å². The van der Waals surface area contributed by atoms with Gasteiger partial charge in [0.25, 0.3) is 0 Å². The Bertz CT molecular complexity index is 762. The molecule has 3 nitrogen and oxygen atoms in total. The number of para-hydroxylation sites is 1. The van der Waals surface area contributed by atoms with Crippen molar-refractivity contribution in [2.45, 2.75) is 25.8 Å². The van der Waals surface area contributed by atoms with Crippen molar-refractivity contribution in [3.05, 3.63) is 64.0 Å². The second-order valence-electron chi connectivity index (χ2n) is 6.95. The molecule has 0 spiro atoms. The molecule has 0 fully saturated rings. The molecule has 4 heteroatoms. The molecule has 0 saturated heterocycles. The maximum atomic E-state index is 12.6. The van der Waals surface area contributed by atoms with Gasteiger partial charge in [-0.15, -0.1) is 11.3 Å². The highest BCUT2D eigenvalue weighted by Gasteiger charge is 2.38. The monoisotopic (exact) mass is 340 g/mol. The zero-order valence-electron chi connectivity index (χ0n) is 14.7. The van der Waals surface area contributed by atoms with Gasteiger partial charge < -0.3 is 4.90 Å². The van der Waals surface area contributed by atoms with Crippen LogP contribution in [-0.4, -0.2) is 31.3 Å². The Hall–Kier alpha value is -1.91. The maximum Gasteiger partial charge on any atom is 0.171 e. The van der Waals surface area contributed by atoms with Crippen molar-refractivity contribution in [1.29, 1.82) is 0 Å². The van der Waals surface area contributed by atoms with Gasteiger partial charge in [0.15, 0.2) is 5.78 Å². The first-order chi connectivity index (χ1) is 11.4. The van der Waals surface area contributed by atoms with E-state index in [2.05, 4.69) is 53.3 Å². The molecule has 0 unspecified atom stereocenters. The molecule has 0 saturated carbocycles. The molecule has 2 heterocycles. The minimum absolute atomic E-state index is 0.146. The zero-order chi connectivity index (χ0) is 17.3. The summed E-state index contributed by atoms with van der Waals surface area (Å²) in [7, 11) is 4.04. The fourth-order valence-corrected chi connectivity index (χ4v) is 4.23.